The van der Waals surface area contributed by atoms with Gasteiger partial charge in [0, 0.05) is 18.0 Å². The predicted molar refractivity (Wildman–Crippen MR) is 103 cm³/mol. The minimum atomic E-state index is -0.907. The molecule has 0 spiro atoms. The van der Waals surface area contributed by atoms with Gasteiger partial charge in [0.15, 0.2) is 0 Å². The first-order valence-corrected chi connectivity index (χ1v) is 9.68. The van der Waals surface area contributed by atoms with Gasteiger partial charge in [-0.2, -0.15) is 0 Å². The van der Waals surface area contributed by atoms with Crippen LogP contribution < -0.4 is 5.32 Å². The SMILES string of the molecule is O=C(CN(CC1CC1F)C(=O)c1ccc(C2CC2)cc1)Nc1ncc(Cl)cn1. The lowest BCUT2D eigenvalue weighted by Gasteiger charge is -2.22. The Morgan fingerprint density at radius 2 is 1.82 bits per heavy atom. The van der Waals surface area contributed by atoms with E-state index in [-0.39, 0.29) is 30.9 Å². The van der Waals surface area contributed by atoms with Crippen LogP contribution >= 0.6 is 11.6 Å². The first-order chi connectivity index (χ1) is 13.5. The number of benzene rings is 1. The highest BCUT2D eigenvalue weighted by Gasteiger charge is 2.40. The molecule has 2 amide bonds. The summed E-state index contributed by atoms with van der Waals surface area (Å²) in [4.78, 5) is 34.5. The molecule has 2 aliphatic carbocycles. The molecule has 1 aromatic carbocycles. The number of aromatic nitrogens is 2. The minimum Gasteiger partial charge on any atom is -0.329 e. The summed E-state index contributed by atoms with van der Waals surface area (Å²) in [7, 11) is 0. The van der Waals surface area contributed by atoms with E-state index in [1.807, 2.05) is 12.1 Å². The number of halogens is 2. The van der Waals surface area contributed by atoms with Gasteiger partial charge in [-0.15, -0.1) is 0 Å². The highest BCUT2D eigenvalue weighted by molar-refractivity contribution is 6.30. The van der Waals surface area contributed by atoms with E-state index in [4.69, 9.17) is 11.6 Å². The molecule has 2 aliphatic rings. The van der Waals surface area contributed by atoms with Crippen LogP contribution in [0.3, 0.4) is 0 Å². The first kappa shape index (κ1) is 18.8. The molecule has 6 nitrogen and oxygen atoms in total. The average Bonchev–Trinajstić information content (AvgIpc) is 3.61. The standard InChI is InChI=1S/C20H20ClFN4O2/c21-16-8-23-20(24-9-16)25-18(27)11-26(10-15-7-17(15)22)19(28)14-5-3-13(4-6-14)12-1-2-12/h3-6,8-9,12,15,17H,1-2,7,10-11H2,(H,23,24,25,27). The van der Waals surface area contributed by atoms with Gasteiger partial charge in [-0.25, -0.2) is 14.4 Å². The highest BCUT2D eigenvalue weighted by Crippen LogP contribution is 2.40. The van der Waals surface area contributed by atoms with Gasteiger partial charge in [0.05, 0.1) is 17.4 Å². The third kappa shape index (κ3) is 4.65. The number of hydrogen-bond acceptors (Lipinski definition) is 4. The number of carbonyl (C=O) groups excluding carboxylic acids is 2. The third-order valence-electron chi connectivity index (χ3n) is 4.99. The highest BCUT2D eigenvalue weighted by atomic mass is 35.5. The fraction of sp³-hybridized carbons (Fsp3) is 0.400. The van der Waals surface area contributed by atoms with Crippen LogP contribution in [0, 0.1) is 5.92 Å². The fourth-order valence-electron chi connectivity index (χ4n) is 3.11. The molecule has 2 fully saturated rings. The maximum absolute atomic E-state index is 13.4. The number of anilines is 1. The van der Waals surface area contributed by atoms with Crippen LogP contribution in [0.5, 0.6) is 0 Å². The number of nitrogens with one attached hydrogen (secondary N) is 1. The van der Waals surface area contributed by atoms with E-state index in [0.717, 1.165) is 0 Å². The Labute approximate surface area is 167 Å². The van der Waals surface area contributed by atoms with Crippen molar-refractivity contribution in [1.82, 2.24) is 14.9 Å². The smallest absolute Gasteiger partial charge is 0.254 e. The summed E-state index contributed by atoms with van der Waals surface area (Å²) in [5.41, 5.74) is 1.72. The molecular weight excluding hydrogens is 383 g/mol. The van der Waals surface area contributed by atoms with E-state index in [1.54, 1.807) is 12.1 Å². The summed E-state index contributed by atoms with van der Waals surface area (Å²) >= 11 is 5.73. The Kier molecular flexibility index (Phi) is 5.26. The maximum atomic E-state index is 13.4. The van der Waals surface area contributed by atoms with Gasteiger partial charge < -0.3 is 4.90 Å². The number of carbonyl (C=O) groups is 2. The topological polar surface area (TPSA) is 75.2 Å². The van der Waals surface area contributed by atoms with Crippen LogP contribution in [0.1, 0.15) is 41.1 Å². The van der Waals surface area contributed by atoms with Crippen molar-refractivity contribution in [3.63, 3.8) is 0 Å². The second-order valence-electron chi connectivity index (χ2n) is 7.37. The first-order valence-electron chi connectivity index (χ1n) is 9.30. The molecule has 4 rings (SSSR count). The van der Waals surface area contributed by atoms with E-state index in [1.165, 1.54) is 35.7 Å². The van der Waals surface area contributed by atoms with Gasteiger partial charge in [-0.05, 0) is 42.9 Å². The van der Waals surface area contributed by atoms with E-state index in [2.05, 4.69) is 15.3 Å². The van der Waals surface area contributed by atoms with Crippen molar-refractivity contribution in [3.8, 4) is 0 Å². The van der Waals surface area contributed by atoms with Gasteiger partial charge in [0.2, 0.25) is 11.9 Å². The van der Waals surface area contributed by atoms with Crippen molar-refractivity contribution in [1.29, 1.82) is 0 Å². The van der Waals surface area contributed by atoms with Gasteiger partial charge in [-0.3, -0.25) is 14.9 Å². The average molecular weight is 403 g/mol. The van der Waals surface area contributed by atoms with Gasteiger partial charge in [0.25, 0.3) is 5.91 Å². The summed E-state index contributed by atoms with van der Waals surface area (Å²) < 4.78 is 13.4. The Hall–Kier alpha value is -2.54. The second kappa shape index (κ2) is 7.83. The van der Waals surface area contributed by atoms with Gasteiger partial charge >= 0.3 is 0 Å². The molecule has 0 aliphatic heterocycles. The third-order valence-corrected chi connectivity index (χ3v) is 5.19. The summed E-state index contributed by atoms with van der Waals surface area (Å²) in [6.07, 6.45) is 4.62. The van der Waals surface area contributed by atoms with Crippen molar-refractivity contribution in [2.75, 3.05) is 18.4 Å². The largest absolute Gasteiger partial charge is 0.329 e. The number of alkyl halides is 1. The van der Waals surface area contributed by atoms with Crippen LogP contribution in [0.4, 0.5) is 10.3 Å². The molecule has 0 saturated heterocycles. The molecule has 1 N–H and O–H groups in total. The monoisotopic (exact) mass is 402 g/mol. The molecule has 0 bridgehead atoms. The van der Waals surface area contributed by atoms with Crippen LogP contribution in [0.25, 0.3) is 0 Å². The molecule has 2 saturated carbocycles. The van der Waals surface area contributed by atoms with Crippen LogP contribution in [0.15, 0.2) is 36.7 Å². The van der Waals surface area contributed by atoms with E-state index < -0.39 is 12.1 Å². The Balaban J connectivity index is 1.43. The Morgan fingerprint density at radius 1 is 1.18 bits per heavy atom. The molecule has 146 valence electrons. The maximum Gasteiger partial charge on any atom is 0.254 e. The number of nitrogens with zero attached hydrogens (tertiary/aromatic N) is 3. The molecule has 1 heterocycles. The fourth-order valence-corrected chi connectivity index (χ4v) is 3.21. The molecule has 1 aromatic heterocycles. The predicted octanol–water partition coefficient (Wildman–Crippen LogP) is 3.45. The number of amides is 2. The van der Waals surface area contributed by atoms with Crippen molar-refractivity contribution in [2.24, 2.45) is 5.92 Å². The van der Waals surface area contributed by atoms with E-state index in [0.29, 0.717) is 22.9 Å². The summed E-state index contributed by atoms with van der Waals surface area (Å²) in [5, 5.41) is 2.89. The molecule has 2 unspecified atom stereocenters. The zero-order valence-electron chi connectivity index (χ0n) is 15.1. The van der Waals surface area contributed by atoms with E-state index in [9.17, 15) is 14.0 Å². The summed E-state index contributed by atoms with van der Waals surface area (Å²) in [6, 6.07) is 7.48. The zero-order valence-corrected chi connectivity index (χ0v) is 15.9. The van der Waals surface area contributed by atoms with Crippen molar-refractivity contribution in [3.05, 3.63) is 52.8 Å². The zero-order chi connectivity index (χ0) is 19.7. The molecular formula is C20H20ClFN4O2. The molecule has 2 aromatic rings. The molecule has 28 heavy (non-hydrogen) atoms. The molecule has 0 radical (unpaired) electrons. The summed E-state index contributed by atoms with van der Waals surface area (Å²) in [5.74, 6) is -0.237. The van der Waals surface area contributed by atoms with Gasteiger partial charge in [-0.1, -0.05) is 23.7 Å². The normalized spacial score (nSPS) is 20.5. The summed E-state index contributed by atoms with van der Waals surface area (Å²) in [6.45, 7) is 0.0116. The molecule has 2 atom stereocenters. The van der Waals surface area contributed by atoms with Crippen molar-refractivity contribution in [2.45, 2.75) is 31.4 Å². The van der Waals surface area contributed by atoms with Gasteiger partial charge in [0.1, 0.15) is 12.7 Å². The van der Waals surface area contributed by atoms with Crippen LogP contribution in [0.2, 0.25) is 5.02 Å². The van der Waals surface area contributed by atoms with Crippen LogP contribution in [-0.2, 0) is 4.79 Å². The minimum absolute atomic E-state index is 0.102. The van der Waals surface area contributed by atoms with Crippen molar-refractivity contribution >= 4 is 29.4 Å². The lowest BCUT2D eigenvalue weighted by molar-refractivity contribution is -0.117. The lowest BCUT2D eigenvalue weighted by atomic mass is 10.1. The number of hydrogen-bond donors (Lipinski definition) is 1. The van der Waals surface area contributed by atoms with Crippen LogP contribution in [-0.4, -0.2) is 45.9 Å². The van der Waals surface area contributed by atoms with E-state index >= 15 is 0 Å². The lowest BCUT2D eigenvalue weighted by Crippen LogP contribution is -2.39. The Bertz CT molecular complexity index is 871. The second-order valence-corrected chi connectivity index (χ2v) is 7.80. The Morgan fingerprint density at radius 3 is 2.39 bits per heavy atom. The van der Waals surface area contributed by atoms with Crippen molar-refractivity contribution < 1.29 is 14.0 Å². The molecule has 8 heteroatoms. The number of rotatable bonds is 7. The quantitative estimate of drug-likeness (QED) is 0.769.